The average Bonchev–Trinajstić information content (AvgIpc) is 3.26. The van der Waals surface area contributed by atoms with E-state index in [0.29, 0.717) is 38.5 Å². The van der Waals surface area contributed by atoms with Gasteiger partial charge in [0.05, 0.1) is 11.6 Å². The lowest BCUT2D eigenvalue weighted by molar-refractivity contribution is -0.137. The number of unbranched alkanes of at least 4 members (excludes halogenated alkanes) is 1. The first-order valence-electron chi connectivity index (χ1n) is 10.9. The van der Waals surface area contributed by atoms with Gasteiger partial charge < -0.3 is 10.0 Å². The van der Waals surface area contributed by atoms with Crippen molar-refractivity contribution < 1.29 is 18.3 Å². The summed E-state index contributed by atoms with van der Waals surface area (Å²) >= 11 is 0. The molecule has 0 radical (unpaired) electrons. The number of anilines is 1. The third-order valence-corrected chi connectivity index (χ3v) is 5.78. The molecule has 33 heavy (non-hydrogen) atoms. The summed E-state index contributed by atoms with van der Waals surface area (Å²) in [6, 6.07) is 8.96. The second kappa shape index (κ2) is 9.74. The van der Waals surface area contributed by atoms with Gasteiger partial charge >= 0.3 is 6.18 Å². The number of tetrazole rings is 1. The number of pyridine rings is 1. The van der Waals surface area contributed by atoms with Crippen LogP contribution in [-0.2, 0) is 12.7 Å². The molecule has 1 aromatic carbocycles. The molecule has 0 aliphatic carbocycles. The van der Waals surface area contributed by atoms with E-state index in [1.807, 2.05) is 6.07 Å². The molecule has 1 aliphatic rings. The number of aromatic hydroxyl groups is 1. The van der Waals surface area contributed by atoms with Gasteiger partial charge in [-0.05, 0) is 46.7 Å². The quantitative estimate of drug-likeness (QED) is 0.577. The van der Waals surface area contributed by atoms with Gasteiger partial charge in [0.25, 0.3) is 0 Å². The normalized spacial score (nSPS) is 16.2. The topological polar surface area (TPSA) is 83.2 Å². The van der Waals surface area contributed by atoms with Crippen LogP contribution in [0.5, 0.6) is 5.75 Å². The van der Waals surface area contributed by atoms with E-state index in [9.17, 15) is 18.3 Å². The Kier molecular flexibility index (Phi) is 6.77. The van der Waals surface area contributed by atoms with Crippen molar-refractivity contribution in [2.24, 2.45) is 0 Å². The second-order valence-electron chi connectivity index (χ2n) is 8.01. The molecule has 1 aliphatic heterocycles. The van der Waals surface area contributed by atoms with Crippen molar-refractivity contribution in [2.75, 3.05) is 31.1 Å². The highest BCUT2D eigenvalue weighted by atomic mass is 19.4. The van der Waals surface area contributed by atoms with Crippen LogP contribution in [0, 0.1) is 0 Å². The Morgan fingerprint density at radius 1 is 1.09 bits per heavy atom. The van der Waals surface area contributed by atoms with E-state index < -0.39 is 11.7 Å². The number of aryl methyl sites for hydroxylation is 1. The van der Waals surface area contributed by atoms with E-state index in [0.717, 1.165) is 24.5 Å². The van der Waals surface area contributed by atoms with E-state index in [-0.39, 0.29) is 17.6 Å². The first kappa shape index (κ1) is 23.0. The van der Waals surface area contributed by atoms with Gasteiger partial charge in [-0.2, -0.15) is 13.2 Å². The fourth-order valence-corrected chi connectivity index (χ4v) is 4.15. The molecule has 8 nitrogen and oxygen atoms in total. The molecule has 1 unspecified atom stereocenters. The number of phenols is 1. The molecule has 1 fully saturated rings. The summed E-state index contributed by atoms with van der Waals surface area (Å²) in [7, 11) is 0. The van der Waals surface area contributed by atoms with Gasteiger partial charge in [0.2, 0.25) is 0 Å². The van der Waals surface area contributed by atoms with Gasteiger partial charge in [0.15, 0.2) is 5.82 Å². The number of aromatic nitrogens is 5. The zero-order valence-corrected chi connectivity index (χ0v) is 18.3. The summed E-state index contributed by atoms with van der Waals surface area (Å²) in [5.41, 5.74) is 0.0938. The van der Waals surface area contributed by atoms with Crippen LogP contribution in [0.15, 0.2) is 42.6 Å². The summed E-state index contributed by atoms with van der Waals surface area (Å²) in [6.07, 6.45) is -1.18. The van der Waals surface area contributed by atoms with Crippen molar-refractivity contribution >= 4 is 5.82 Å². The van der Waals surface area contributed by atoms with Crippen LogP contribution < -0.4 is 4.90 Å². The molecular formula is C22H26F3N7O. The summed E-state index contributed by atoms with van der Waals surface area (Å²) in [5.74, 6) is 0.731. The maximum Gasteiger partial charge on any atom is 0.419 e. The molecule has 176 valence electrons. The number of alkyl halides is 3. The van der Waals surface area contributed by atoms with Gasteiger partial charge in [-0.25, -0.2) is 9.67 Å². The lowest BCUT2D eigenvalue weighted by Gasteiger charge is -2.40. The maximum atomic E-state index is 13.5. The molecule has 1 atom stereocenters. The molecule has 0 bridgehead atoms. The molecule has 4 rings (SSSR count). The van der Waals surface area contributed by atoms with Crippen molar-refractivity contribution in [2.45, 2.75) is 38.5 Å². The van der Waals surface area contributed by atoms with Crippen molar-refractivity contribution in [3.05, 3.63) is 59.5 Å². The first-order chi connectivity index (χ1) is 15.9. The molecular weight excluding hydrogens is 435 g/mol. The fraction of sp³-hybridized carbons (Fsp3) is 0.455. The number of piperazine rings is 1. The van der Waals surface area contributed by atoms with Crippen LogP contribution in [0.1, 0.15) is 42.8 Å². The third-order valence-electron chi connectivity index (χ3n) is 5.78. The molecule has 3 aromatic rings. The zero-order chi connectivity index (χ0) is 23.4. The SMILES string of the molecule is CCCCn1nnnc1C(c1cccc(O)c1)N1CCN(c2ncccc2C(F)(F)F)CC1. The molecule has 0 amide bonds. The standard InChI is InChI=1S/C22H26F3N7O/c1-2-3-10-32-21(27-28-29-32)19(16-6-4-7-17(33)15-16)30-11-13-31(14-12-30)20-18(22(23,24)25)8-5-9-26-20/h4-9,15,19,33H,2-3,10-14H2,1H3. The number of phenolic OH excluding ortho intramolecular Hbond substituents is 1. The van der Waals surface area contributed by atoms with E-state index in [2.05, 4.69) is 32.3 Å². The number of rotatable bonds is 7. The first-order valence-corrected chi connectivity index (χ1v) is 10.9. The van der Waals surface area contributed by atoms with Crippen LogP contribution in [0.25, 0.3) is 0 Å². The highest BCUT2D eigenvalue weighted by molar-refractivity contribution is 5.49. The Labute approximate surface area is 189 Å². The van der Waals surface area contributed by atoms with E-state index >= 15 is 0 Å². The minimum Gasteiger partial charge on any atom is -0.508 e. The summed E-state index contributed by atoms with van der Waals surface area (Å²) in [5, 5.41) is 22.4. The van der Waals surface area contributed by atoms with Crippen LogP contribution in [0.3, 0.4) is 0 Å². The number of nitrogens with zero attached hydrogens (tertiary/aromatic N) is 7. The monoisotopic (exact) mass is 461 g/mol. The molecule has 0 spiro atoms. The third kappa shape index (κ3) is 5.08. The van der Waals surface area contributed by atoms with Gasteiger partial charge in [-0.3, -0.25) is 4.90 Å². The predicted molar refractivity (Wildman–Crippen MR) is 116 cm³/mol. The molecule has 11 heteroatoms. The van der Waals surface area contributed by atoms with E-state index in [1.54, 1.807) is 27.8 Å². The van der Waals surface area contributed by atoms with Gasteiger partial charge in [-0.15, -0.1) is 5.10 Å². The van der Waals surface area contributed by atoms with Crippen LogP contribution >= 0.6 is 0 Å². The lowest BCUT2D eigenvalue weighted by atomic mass is 10.0. The lowest BCUT2D eigenvalue weighted by Crippen LogP contribution is -2.49. The molecule has 3 heterocycles. The number of hydrogen-bond donors (Lipinski definition) is 1. The second-order valence-corrected chi connectivity index (χ2v) is 8.01. The van der Waals surface area contributed by atoms with E-state index in [1.165, 1.54) is 12.3 Å². The van der Waals surface area contributed by atoms with Gasteiger partial charge in [0, 0.05) is 38.9 Å². The molecule has 1 saturated heterocycles. The highest BCUT2D eigenvalue weighted by Gasteiger charge is 2.37. The predicted octanol–water partition coefficient (Wildman–Crippen LogP) is 3.50. The Bertz CT molecular complexity index is 1060. The smallest absolute Gasteiger partial charge is 0.419 e. The van der Waals surface area contributed by atoms with Gasteiger partial charge in [0.1, 0.15) is 11.6 Å². The van der Waals surface area contributed by atoms with Crippen LogP contribution in [0.4, 0.5) is 19.0 Å². The summed E-state index contributed by atoms with van der Waals surface area (Å²) in [6.45, 7) is 4.45. The highest BCUT2D eigenvalue weighted by Crippen LogP contribution is 2.36. The van der Waals surface area contributed by atoms with Gasteiger partial charge in [-0.1, -0.05) is 25.5 Å². The maximum absolute atomic E-state index is 13.5. The summed E-state index contributed by atoms with van der Waals surface area (Å²) < 4.78 is 42.2. The molecule has 1 N–H and O–H groups in total. The van der Waals surface area contributed by atoms with E-state index in [4.69, 9.17) is 0 Å². The number of hydrogen-bond acceptors (Lipinski definition) is 7. The van der Waals surface area contributed by atoms with Crippen molar-refractivity contribution in [1.29, 1.82) is 0 Å². The Hall–Kier alpha value is -3.21. The molecule has 2 aromatic heterocycles. The fourth-order valence-electron chi connectivity index (χ4n) is 4.15. The summed E-state index contributed by atoms with van der Waals surface area (Å²) in [4.78, 5) is 7.82. The number of benzene rings is 1. The van der Waals surface area contributed by atoms with Crippen molar-refractivity contribution in [3.63, 3.8) is 0 Å². The Morgan fingerprint density at radius 3 is 2.58 bits per heavy atom. The van der Waals surface area contributed by atoms with Crippen molar-refractivity contribution in [1.82, 2.24) is 30.1 Å². The van der Waals surface area contributed by atoms with Crippen LogP contribution in [-0.4, -0.2) is 61.4 Å². The number of halogens is 3. The Balaban J connectivity index is 1.60. The van der Waals surface area contributed by atoms with Crippen LogP contribution in [0.2, 0.25) is 0 Å². The Morgan fingerprint density at radius 2 is 1.88 bits per heavy atom. The van der Waals surface area contributed by atoms with Crippen molar-refractivity contribution in [3.8, 4) is 5.75 Å². The largest absolute Gasteiger partial charge is 0.508 e. The zero-order valence-electron chi connectivity index (χ0n) is 18.3. The minimum atomic E-state index is -4.47. The minimum absolute atomic E-state index is 0.0497. The molecule has 0 saturated carbocycles. The average molecular weight is 461 g/mol.